The minimum atomic E-state index is -0.289. The van der Waals surface area contributed by atoms with Crippen LogP contribution in [0.25, 0.3) is 0 Å². The van der Waals surface area contributed by atoms with Crippen LogP contribution in [0.2, 0.25) is 0 Å². The highest BCUT2D eigenvalue weighted by atomic mass is 16.5. The Kier molecular flexibility index (Phi) is 6.55. The summed E-state index contributed by atoms with van der Waals surface area (Å²) in [6.45, 7) is 3.17. The predicted octanol–water partition coefficient (Wildman–Crippen LogP) is 4.76. The van der Waals surface area contributed by atoms with Crippen molar-refractivity contribution in [3.8, 4) is 6.07 Å². The molecule has 1 aliphatic heterocycles. The fourth-order valence-corrected chi connectivity index (χ4v) is 4.52. The molecule has 1 aliphatic rings. The summed E-state index contributed by atoms with van der Waals surface area (Å²) in [4.78, 5) is 27.1. The van der Waals surface area contributed by atoms with Crippen LogP contribution in [0.3, 0.4) is 0 Å². The minimum Gasteiger partial charge on any atom is -0.469 e. The fraction of sp³-hybridized carbons (Fsp3) is 0.250. The van der Waals surface area contributed by atoms with E-state index in [0.717, 1.165) is 28.7 Å². The van der Waals surface area contributed by atoms with E-state index in [9.17, 15) is 14.9 Å². The Labute approximate surface area is 194 Å². The monoisotopic (exact) mass is 438 g/mol. The molecule has 1 atom stereocenters. The molecule has 0 saturated carbocycles. The van der Waals surface area contributed by atoms with Crippen molar-refractivity contribution in [2.75, 3.05) is 13.7 Å². The third-order valence-corrected chi connectivity index (χ3v) is 6.33. The minimum absolute atomic E-state index is 0.0284. The van der Waals surface area contributed by atoms with Gasteiger partial charge in [0, 0.05) is 24.6 Å². The van der Waals surface area contributed by atoms with Crippen LogP contribution >= 0.6 is 0 Å². The number of carbonyl (C=O) groups excluding carboxylic acids is 2. The molecule has 0 aliphatic carbocycles. The van der Waals surface area contributed by atoms with Crippen LogP contribution in [0.1, 0.15) is 56.1 Å². The number of nitrogens with zero attached hydrogens (tertiary/aromatic N) is 2. The van der Waals surface area contributed by atoms with Gasteiger partial charge >= 0.3 is 5.97 Å². The SMILES string of the molecule is COC(=O)CC(c1ccc2c(c1)CN(C(=O)c1ccccc1)CC2)c1ccc(C#N)cc1C. The summed E-state index contributed by atoms with van der Waals surface area (Å²) in [5.41, 5.74) is 6.56. The second kappa shape index (κ2) is 9.70. The molecule has 0 bridgehead atoms. The summed E-state index contributed by atoms with van der Waals surface area (Å²) in [7, 11) is 1.39. The van der Waals surface area contributed by atoms with E-state index in [2.05, 4.69) is 24.3 Å². The Balaban J connectivity index is 1.67. The normalized spacial score (nSPS) is 13.5. The largest absolute Gasteiger partial charge is 0.469 e. The van der Waals surface area contributed by atoms with Gasteiger partial charge in [-0.1, -0.05) is 42.5 Å². The number of hydrogen-bond donors (Lipinski definition) is 0. The van der Waals surface area contributed by atoms with E-state index >= 15 is 0 Å². The van der Waals surface area contributed by atoms with Gasteiger partial charge in [-0.2, -0.15) is 5.26 Å². The summed E-state index contributed by atoms with van der Waals surface area (Å²) in [6.07, 6.45) is 1.00. The Morgan fingerprint density at radius 2 is 1.85 bits per heavy atom. The standard InChI is InChI=1S/C28H26N2O3/c1-19-14-20(17-29)8-11-25(19)26(16-27(31)33-2)23-10-9-21-12-13-30(18-24(21)15-23)28(32)22-6-4-3-5-7-22/h3-11,14-15,26H,12-13,16,18H2,1-2H3. The Morgan fingerprint density at radius 3 is 2.55 bits per heavy atom. The molecule has 5 nitrogen and oxygen atoms in total. The molecule has 1 heterocycles. The third kappa shape index (κ3) is 4.80. The molecule has 4 rings (SSSR count). The molecule has 0 saturated heterocycles. The highest BCUT2D eigenvalue weighted by Crippen LogP contribution is 2.33. The van der Waals surface area contributed by atoms with Crippen molar-refractivity contribution in [1.82, 2.24) is 4.90 Å². The van der Waals surface area contributed by atoms with E-state index < -0.39 is 0 Å². The van der Waals surface area contributed by atoms with Gasteiger partial charge in [0.15, 0.2) is 0 Å². The molecule has 1 unspecified atom stereocenters. The van der Waals surface area contributed by atoms with Gasteiger partial charge in [-0.3, -0.25) is 9.59 Å². The zero-order valence-corrected chi connectivity index (χ0v) is 18.9. The van der Waals surface area contributed by atoms with Gasteiger partial charge in [-0.25, -0.2) is 0 Å². The summed E-state index contributed by atoms with van der Waals surface area (Å²) < 4.78 is 4.97. The summed E-state index contributed by atoms with van der Waals surface area (Å²) in [5.74, 6) is -0.459. The van der Waals surface area contributed by atoms with Gasteiger partial charge in [-0.15, -0.1) is 0 Å². The number of carbonyl (C=O) groups is 2. The number of methoxy groups -OCH3 is 1. The van der Waals surface area contributed by atoms with Crippen LogP contribution in [-0.2, 0) is 22.5 Å². The van der Waals surface area contributed by atoms with Crippen molar-refractivity contribution in [3.63, 3.8) is 0 Å². The van der Waals surface area contributed by atoms with Crippen molar-refractivity contribution >= 4 is 11.9 Å². The predicted molar refractivity (Wildman–Crippen MR) is 126 cm³/mol. The Morgan fingerprint density at radius 1 is 1.06 bits per heavy atom. The lowest BCUT2D eigenvalue weighted by Crippen LogP contribution is -2.36. The van der Waals surface area contributed by atoms with E-state index in [1.165, 1.54) is 12.7 Å². The highest BCUT2D eigenvalue weighted by Gasteiger charge is 2.25. The molecule has 1 amide bonds. The topological polar surface area (TPSA) is 70.4 Å². The number of amides is 1. The van der Waals surface area contributed by atoms with Crippen LogP contribution in [0.4, 0.5) is 0 Å². The molecule has 0 radical (unpaired) electrons. The zero-order valence-electron chi connectivity index (χ0n) is 18.9. The molecule has 166 valence electrons. The average molecular weight is 439 g/mol. The first-order valence-corrected chi connectivity index (χ1v) is 11.0. The van der Waals surface area contributed by atoms with Crippen LogP contribution < -0.4 is 0 Å². The number of ether oxygens (including phenoxy) is 1. The average Bonchev–Trinajstić information content (AvgIpc) is 2.86. The maximum Gasteiger partial charge on any atom is 0.306 e. The lowest BCUT2D eigenvalue weighted by atomic mass is 9.83. The van der Waals surface area contributed by atoms with E-state index in [1.807, 2.05) is 54.3 Å². The first kappa shape index (κ1) is 22.3. The molecule has 33 heavy (non-hydrogen) atoms. The van der Waals surface area contributed by atoms with E-state index in [4.69, 9.17) is 4.74 Å². The molecule has 3 aromatic rings. The molecule has 0 spiro atoms. The van der Waals surface area contributed by atoms with Crippen molar-refractivity contribution in [2.24, 2.45) is 0 Å². The Bertz CT molecular complexity index is 1230. The summed E-state index contributed by atoms with van der Waals surface area (Å²) in [6, 6.07) is 23.3. The number of rotatable bonds is 5. The first-order chi connectivity index (χ1) is 16.0. The molecule has 3 aromatic carbocycles. The molecular weight excluding hydrogens is 412 g/mol. The molecule has 0 fully saturated rings. The van der Waals surface area contributed by atoms with Gasteiger partial charge in [0.2, 0.25) is 0 Å². The maximum atomic E-state index is 13.0. The Hall–Kier alpha value is -3.91. The van der Waals surface area contributed by atoms with Gasteiger partial charge in [0.1, 0.15) is 0 Å². The van der Waals surface area contributed by atoms with E-state index in [0.29, 0.717) is 24.2 Å². The number of aryl methyl sites for hydroxylation is 1. The van der Waals surface area contributed by atoms with Crippen LogP contribution in [0.15, 0.2) is 66.7 Å². The van der Waals surface area contributed by atoms with E-state index in [1.54, 1.807) is 6.07 Å². The lowest BCUT2D eigenvalue weighted by molar-refractivity contribution is -0.140. The van der Waals surface area contributed by atoms with Crippen molar-refractivity contribution in [3.05, 3.63) is 106 Å². The summed E-state index contributed by atoms with van der Waals surface area (Å²) >= 11 is 0. The molecular formula is C28H26N2O3. The molecule has 5 heteroatoms. The third-order valence-electron chi connectivity index (χ3n) is 6.33. The van der Waals surface area contributed by atoms with Crippen molar-refractivity contribution in [2.45, 2.75) is 32.2 Å². The fourth-order valence-electron chi connectivity index (χ4n) is 4.52. The second-order valence-corrected chi connectivity index (χ2v) is 8.39. The van der Waals surface area contributed by atoms with E-state index in [-0.39, 0.29) is 24.2 Å². The van der Waals surface area contributed by atoms with Gasteiger partial charge in [0.25, 0.3) is 5.91 Å². The number of nitriles is 1. The lowest BCUT2D eigenvalue weighted by Gasteiger charge is -2.30. The number of esters is 1. The molecule has 0 aromatic heterocycles. The van der Waals surface area contributed by atoms with Crippen LogP contribution in [-0.4, -0.2) is 30.4 Å². The summed E-state index contributed by atoms with van der Waals surface area (Å²) in [5, 5.41) is 9.22. The number of benzene rings is 3. The smallest absolute Gasteiger partial charge is 0.306 e. The number of fused-ring (bicyclic) bond motifs is 1. The second-order valence-electron chi connectivity index (χ2n) is 8.39. The first-order valence-electron chi connectivity index (χ1n) is 11.0. The zero-order chi connectivity index (χ0) is 23.4. The van der Waals surface area contributed by atoms with Gasteiger partial charge in [-0.05, 0) is 65.4 Å². The van der Waals surface area contributed by atoms with Crippen LogP contribution in [0, 0.1) is 18.3 Å². The van der Waals surface area contributed by atoms with Crippen LogP contribution in [0.5, 0.6) is 0 Å². The maximum absolute atomic E-state index is 13.0. The molecule has 0 N–H and O–H groups in total. The van der Waals surface area contributed by atoms with Gasteiger partial charge in [0.05, 0.1) is 25.2 Å². The van der Waals surface area contributed by atoms with Crippen molar-refractivity contribution < 1.29 is 14.3 Å². The van der Waals surface area contributed by atoms with Gasteiger partial charge < -0.3 is 9.64 Å². The quantitative estimate of drug-likeness (QED) is 0.539. The number of hydrogen-bond acceptors (Lipinski definition) is 4. The van der Waals surface area contributed by atoms with Crippen molar-refractivity contribution in [1.29, 1.82) is 5.26 Å². The highest BCUT2D eigenvalue weighted by molar-refractivity contribution is 5.94.